The molecule has 0 bridgehead atoms. The van der Waals surface area contributed by atoms with Crippen molar-refractivity contribution in [1.82, 2.24) is 15.0 Å². The molecule has 0 unspecified atom stereocenters. The van der Waals surface area contributed by atoms with Crippen molar-refractivity contribution in [3.63, 3.8) is 0 Å². The lowest BCUT2D eigenvalue weighted by atomic mass is 10.1. The van der Waals surface area contributed by atoms with E-state index in [9.17, 15) is 8.78 Å². The van der Waals surface area contributed by atoms with Crippen LogP contribution in [0.5, 0.6) is 6.01 Å². The highest BCUT2D eigenvalue weighted by Gasteiger charge is 2.16. The quantitative estimate of drug-likeness (QED) is 0.920. The fourth-order valence-electron chi connectivity index (χ4n) is 1.50. The second kappa shape index (κ2) is 5.13. The number of aryl methyl sites for hydroxylation is 1. The molecule has 19 heavy (non-hydrogen) atoms. The van der Waals surface area contributed by atoms with Crippen molar-refractivity contribution in [2.75, 3.05) is 12.3 Å². The third kappa shape index (κ3) is 2.59. The van der Waals surface area contributed by atoms with Gasteiger partial charge < -0.3 is 10.5 Å². The van der Waals surface area contributed by atoms with Crippen LogP contribution in [-0.2, 0) is 0 Å². The van der Waals surface area contributed by atoms with Gasteiger partial charge in [0.25, 0.3) is 0 Å². The number of anilines is 1. The first-order valence-electron chi connectivity index (χ1n) is 5.62. The van der Waals surface area contributed by atoms with Crippen molar-refractivity contribution in [1.29, 1.82) is 0 Å². The van der Waals surface area contributed by atoms with Gasteiger partial charge in [-0.05, 0) is 25.5 Å². The summed E-state index contributed by atoms with van der Waals surface area (Å²) in [6, 6.07) is 2.80. The molecule has 0 spiro atoms. The third-order valence-electron chi connectivity index (χ3n) is 2.42. The molecule has 1 aromatic heterocycles. The molecular weight excluding hydrogens is 254 g/mol. The molecule has 0 radical (unpaired) electrons. The molecule has 0 aliphatic rings. The highest BCUT2D eigenvalue weighted by atomic mass is 19.2. The molecule has 2 N–H and O–H groups in total. The van der Waals surface area contributed by atoms with Gasteiger partial charge in [0.15, 0.2) is 17.5 Å². The normalized spacial score (nSPS) is 10.5. The summed E-state index contributed by atoms with van der Waals surface area (Å²) in [5.41, 5.74) is 5.60. The van der Waals surface area contributed by atoms with Crippen LogP contribution < -0.4 is 10.5 Å². The Labute approximate surface area is 108 Å². The van der Waals surface area contributed by atoms with Crippen molar-refractivity contribution in [2.45, 2.75) is 13.8 Å². The molecule has 5 nitrogen and oxygen atoms in total. The van der Waals surface area contributed by atoms with Crippen molar-refractivity contribution in [3.8, 4) is 17.4 Å². The maximum absolute atomic E-state index is 13.8. The van der Waals surface area contributed by atoms with Gasteiger partial charge >= 0.3 is 6.01 Å². The smallest absolute Gasteiger partial charge is 0.321 e. The summed E-state index contributed by atoms with van der Waals surface area (Å²) in [4.78, 5) is 11.4. The highest BCUT2D eigenvalue weighted by Crippen LogP contribution is 2.24. The van der Waals surface area contributed by atoms with Crippen LogP contribution in [0.4, 0.5) is 14.7 Å². The lowest BCUT2D eigenvalue weighted by molar-refractivity contribution is 0.312. The van der Waals surface area contributed by atoms with Crippen LogP contribution in [0.1, 0.15) is 12.5 Å². The highest BCUT2D eigenvalue weighted by molar-refractivity contribution is 5.58. The van der Waals surface area contributed by atoms with Crippen LogP contribution in [0, 0.1) is 18.6 Å². The van der Waals surface area contributed by atoms with E-state index >= 15 is 0 Å². The summed E-state index contributed by atoms with van der Waals surface area (Å²) >= 11 is 0. The standard InChI is InChI=1S/C12H12F2N4O/c1-3-19-12-17-10(16-11(15)18-12)7-5-4-6(2)8(13)9(7)14/h4-5H,3H2,1-2H3,(H2,15,16,17,18). The second-order valence-electron chi connectivity index (χ2n) is 3.79. The maximum Gasteiger partial charge on any atom is 0.321 e. The van der Waals surface area contributed by atoms with Crippen LogP contribution in [0.25, 0.3) is 11.4 Å². The van der Waals surface area contributed by atoms with Gasteiger partial charge in [-0.2, -0.15) is 15.0 Å². The average molecular weight is 266 g/mol. The molecule has 0 saturated carbocycles. The number of benzene rings is 1. The molecule has 0 atom stereocenters. The average Bonchev–Trinajstić information content (AvgIpc) is 2.36. The molecule has 0 amide bonds. The van der Waals surface area contributed by atoms with E-state index in [1.165, 1.54) is 19.1 Å². The maximum atomic E-state index is 13.8. The van der Waals surface area contributed by atoms with Crippen LogP contribution in [0.15, 0.2) is 12.1 Å². The zero-order valence-electron chi connectivity index (χ0n) is 10.4. The van der Waals surface area contributed by atoms with Crippen molar-refractivity contribution < 1.29 is 13.5 Å². The summed E-state index contributed by atoms with van der Waals surface area (Å²) in [6.45, 7) is 3.54. The van der Waals surface area contributed by atoms with E-state index in [1.807, 2.05) is 0 Å². The van der Waals surface area contributed by atoms with Crippen molar-refractivity contribution in [2.24, 2.45) is 0 Å². The number of hydrogen-bond donors (Lipinski definition) is 1. The predicted octanol–water partition coefficient (Wildman–Crippen LogP) is 2.11. The van der Waals surface area contributed by atoms with E-state index in [0.717, 1.165) is 0 Å². The minimum absolute atomic E-state index is 0.0228. The largest absolute Gasteiger partial charge is 0.464 e. The third-order valence-corrected chi connectivity index (χ3v) is 2.42. The molecule has 0 aliphatic heterocycles. The number of halogens is 2. The number of nitrogens with zero attached hydrogens (tertiary/aromatic N) is 3. The number of ether oxygens (including phenoxy) is 1. The Morgan fingerprint density at radius 2 is 1.89 bits per heavy atom. The molecule has 7 heteroatoms. The van der Waals surface area contributed by atoms with Gasteiger partial charge in [0, 0.05) is 0 Å². The van der Waals surface area contributed by atoms with Crippen LogP contribution in [0.2, 0.25) is 0 Å². The van der Waals surface area contributed by atoms with Crippen LogP contribution in [-0.4, -0.2) is 21.6 Å². The number of aromatic nitrogens is 3. The Kier molecular flexibility index (Phi) is 3.55. The van der Waals surface area contributed by atoms with Gasteiger partial charge in [-0.1, -0.05) is 6.07 Å². The monoisotopic (exact) mass is 266 g/mol. The van der Waals surface area contributed by atoms with Gasteiger partial charge in [0.05, 0.1) is 12.2 Å². The minimum Gasteiger partial charge on any atom is -0.464 e. The molecule has 0 saturated heterocycles. The summed E-state index contributed by atoms with van der Waals surface area (Å²) in [6.07, 6.45) is 0. The topological polar surface area (TPSA) is 73.9 Å². The van der Waals surface area contributed by atoms with Crippen molar-refractivity contribution >= 4 is 5.95 Å². The zero-order chi connectivity index (χ0) is 14.0. The molecule has 100 valence electrons. The summed E-state index contributed by atoms with van der Waals surface area (Å²) < 4.78 is 32.4. The fraction of sp³-hybridized carbons (Fsp3) is 0.250. The van der Waals surface area contributed by atoms with E-state index in [1.54, 1.807) is 6.92 Å². The number of hydrogen-bond acceptors (Lipinski definition) is 5. The predicted molar refractivity (Wildman–Crippen MR) is 65.5 cm³/mol. The Morgan fingerprint density at radius 3 is 2.58 bits per heavy atom. The van der Waals surface area contributed by atoms with Gasteiger partial charge in [0.2, 0.25) is 5.95 Å². The van der Waals surface area contributed by atoms with Crippen molar-refractivity contribution in [3.05, 3.63) is 29.3 Å². The van der Waals surface area contributed by atoms with Gasteiger partial charge in [0.1, 0.15) is 0 Å². The van der Waals surface area contributed by atoms with Crippen LogP contribution >= 0.6 is 0 Å². The van der Waals surface area contributed by atoms with Crippen LogP contribution in [0.3, 0.4) is 0 Å². The lowest BCUT2D eigenvalue weighted by Crippen LogP contribution is -2.06. The first-order valence-corrected chi connectivity index (χ1v) is 5.62. The SMILES string of the molecule is CCOc1nc(N)nc(-c2ccc(C)c(F)c2F)n1. The first-order chi connectivity index (χ1) is 9.02. The van der Waals surface area contributed by atoms with E-state index < -0.39 is 11.6 Å². The molecular formula is C12H12F2N4O. The van der Waals surface area contributed by atoms with E-state index in [-0.39, 0.29) is 28.9 Å². The Morgan fingerprint density at radius 1 is 1.16 bits per heavy atom. The lowest BCUT2D eigenvalue weighted by Gasteiger charge is -2.07. The molecule has 0 aliphatic carbocycles. The van der Waals surface area contributed by atoms with Gasteiger partial charge in [-0.3, -0.25) is 0 Å². The Bertz CT molecular complexity index is 619. The Hall–Kier alpha value is -2.31. The minimum atomic E-state index is -1.02. The zero-order valence-corrected chi connectivity index (χ0v) is 10.4. The number of rotatable bonds is 3. The van der Waals surface area contributed by atoms with Gasteiger partial charge in [-0.25, -0.2) is 8.78 Å². The summed E-state index contributed by atoms with van der Waals surface area (Å²) in [7, 11) is 0. The summed E-state index contributed by atoms with van der Waals surface area (Å²) in [5.74, 6) is -2.14. The molecule has 2 rings (SSSR count). The molecule has 2 aromatic rings. The Balaban J connectivity index is 2.55. The van der Waals surface area contributed by atoms with Gasteiger partial charge in [-0.15, -0.1) is 0 Å². The molecule has 1 heterocycles. The fourth-order valence-corrected chi connectivity index (χ4v) is 1.50. The first kappa shape index (κ1) is 13.1. The number of nitrogens with two attached hydrogens (primary N) is 1. The number of nitrogen functional groups attached to an aromatic ring is 1. The summed E-state index contributed by atoms with van der Waals surface area (Å²) in [5, 5.41) is 0. The second-order valence-corrected chi connectivity index (χ2v) is 3.79. The van der Waals surface area contributed by atoms with E-state index in [0.29, 0.717) is 6.61 Å². The molecule has 0 fully saturated rings. The van der Waals surface area contributed by atoms with E-state index in [2.05, 4.69) is 15.0 Å². The van der Waals surface area contributed by atoms with E-state index in [4.69, 9.17) is 10.5 Å². The molecule has 1 aromatic carbocycles.